The van der Waals surface area contributed by atoms with Crippen LogP contribution in [0.2, 0.25) is 0 Å². The van der Waals surface area contributed by atoms with Gasteiger partial charge in [0.2, 0.25) is 0 Å². The van der Waals surface area contributed by atoms with Gasteiger partial charge in [-0.15, -0.1) is 0 Å². The second-order valence-corrected chi connectivity index (χ2v) is 8.77. The molecule has 1 aliphatic carbocycles. The molecule has 1 aliphatic rings. The maximum atomic E-state index is 6.26. The van der Waals surface area contributed by atoms with Gasteiger partial charge in [-0.2, -0.15) is 0 Å². The molecule has 2 nitrogen and oxygen atoms in total. The van der Waals surface area contributed by atoms with Gasteiger partial charge in [0.1, 0.15) is 11.9 Å². The van der Waals surface area contributed by atoms with Crippen molar-refractivity contribution in [3.05, 3.63) is 22.8 Å². The standard InChI is InChI=1S/C13H16I3NO/c1-13(2)10(17-3)6-11(13)18-12-8(15)4-7(14)5-9(12)16/h4-5,10-11,17H,6H2,1-3H3. The second kappa shape index (κ2) is 5.88. The normalized spacial score (nSPS) is 25.7. The zero-order valence-corrected chi connectivity index (χ0v) is 17.0. The van der Waals surface area contributed by atoms with Crippen LogP contribution in [0, 0.1) is 16.1 Å². The molecule has 2 unspecified atom stereocenters. The van der Waals surface area contributed by atoms with E-state index in [1.54, 1.807) is 0 Å². The van der Waals surface area contributed by atoms with Gasteiger partial charge in [0, 0.05) is 21.4 Å². The second-order valence-electron chi connectivity index (χ2n) is 5.20. The highest BCUT2D eigenvalue weighted by Gasteiger charge is 2.49. The van der Waals surface area contributed by atoms with Crippen molar-refractivity contribution in [2.24, 2.45) is 5.41 Å². The third kappa shape index (κ3) is 2.93. The van der Waals surface area contributed by atoms with Gasteiger partial charge in [0.05, 0.1) is 7.14 Å². The predicted molar refractivity (Wildman–Crippen MR) is 100 cm³/mol. The summed E-state index contributed by atoms with van der Waals surface area (Å²) in [6, 6.07) is 4.89. The van der Waals surface area contributed by atoms with Crippen molar-refractivity contribution in [1.29, 1.82) is 0 Å². The smallest absolute Gasteiger partial charge is 0.146 e. The fourth-order valence-electron chi connectivity index (χ4n) is 2.36. The number of rotatable bonds is 3. The van der Waals surface area contributed by atoms with Gasteiger partial charge in [-0.3, -0.25) is 0 Å². The summed E-state index contributed by atoms with van der Waals surface area (Å²) < 4.78 is 9.92. The molecule has 0 bridgehead atoms. The Bertz CT molecular complexity index is 439. The van der Waals surface area contributed by atoms with Crippen molar-refractivity contribution in [3.63, 3.8) is 0 Å². The predicted octanol–water partition coefficient (Wildman–Crippen LogP) is 4.27. The van der Waals surface area contributed by atoms with Gasteiger partial charge >= 0.3 is 0 Å². The molecular weight excluding hydrogens is 567 g/mol. The van der Waals surface area contributed by atoms with E-state index < -0.39 is 0 Å². The monoisotopic (exact) mass is 583 g/mol. The average molecular weight is 583 g/mol. The molecule has 2 rings (SSSR count). The molecule has 5 heteroatoms. The highest BCUT2D eigenvalue weighted by Crippen LogP contribution is 2.44. The lowest BCUT2D eigenvalue weighted by atomic mass is 9.64. The lowest BCUT2D eigenvalue weighted by Gasteiger charge is -2.51. The lowest BCUT2D eigenvalue weighted by Crippen LogP contribution is -2.61. The Labute approximate surface area is 149 Å². The Hall–Kier alpha value is 1.17. The van der Waals surface area contributed by atoms with E-state index in [0.29, 0.717) is 12.1 Å². The molecule has 2 atom stereocenters. The number of hydrogen-bond donors (Lipinski definition) is 1. The van der Waals surface area contributed by atoms with E-state index in [-0.39, 0.29) is 5.41 Å². The summed E-state index contributed by atoms with van der Waals surface area (Å²) in [5.74, 6) is 1.05. The van der Waals surface area contributed by atoms with Gasteiger partial charge in [-0.05, 0) is 87.0 Å². The molecule has 0 heterocycles. The van der Waals surface area contributed by atoms with Crippen molar-refractivity contribution in [1.82, 2.24) is 5.32 Å². The van der Waals surface area contributed by atoms with Crippen LogP contribution in [-0.2, 0) is 0 Å². The summed E-state index contributed by atoms with van der Waals surface area (Å²) in [4.78, 5) is 0. The van der Waals surface area contributed by atoms with Gasteiger partial charge in [-0.1, -0.05) is 13.8 Å². The van der Waals surface area contributed by atoms with Crippen LogP contribution in [0.4, 0.5) is 0 Å². The van der Waals surface area contributed by atoms with Crippen LogP contribution in [0.5, 0.6) is 5.75 Å². The Morgan fingerprint density at radius 2 is 1.78 bits per heavy atom. The Morgan fingerprint density at radius 1 is 1.22 bits per heavy atom. The number of benzene rings is 1. The molecule has 1 N–H and O–H groups in total. The minimum absolute atomic E-state index is 0.198. The molecule has 1 saturated carbocycles. The van der Waals surface area contributed by atoms with E-state index in [2.05, 4.69) is 99.1 Å². The summed E-state index contributed by atoms with van der Waals surface area (Å²) in [7, 11) is 2.03. The summed E-state index contributed by atoms with van der Waals surface area (Å²) in [6.45, 7) is 4.55. The fourth-order valence-corrected chi connectivity index (χ4v) is 6.20. The van der Waals surface area contributed by atoms with Crippen LogP contribution in [0.1, 0.15) is 20.3 Å². The SMILES string of the molecule is CNC1CC(Oc2c(I)cc(I)cc2I)C1(C)C. The van der Waals surface area contributed by atoms with E-state index in [0.717, 1.165) is 12.2 Å². The van der Waals surface area contributed by atoms with Crippen LogP contribution >= 0.6 is 67.8 Å². The molecule has 100 valence electrons. The van der Waals surface area contributed by atoms with Crippen molar-refractivity contribution in [2.45, 2.75) is 32.4 Å². The van der Waals surface area contributed by atoms with Gasteiger partial charge in [0.15, 0.2) is 0 Å². The topological polar surface area (TPSA) is 21.3 Å². The lowest BCUT2D eigenvalue weighted by molar-refractivity contribution is -0.0529. The van der Waals surface area contributed by atoms with Gasteiger partial charge in [0.25, 0.3) is 0 Å². The molecule has 1 fully saturated rings. The third-order valence-electron chi connectivity index (χ3n) is 3.75. The van der Waals surface area contributed by atoms with Crippen LogP contribution in [0.15, 0.2) is 12.1 Å². The number of ether oxygens (including phenoxy) is 1. The Morgan fingerprint density at radius 3 is 2.22 bits per heavy atom. The first-order valence-corrected chi connectivity index (χ1v) is 9.08. The molecule has 0 saturated heterocycles. The zero-order chi connectivity index (χ0) is 13.5. The Kier molecular flexibility index (Phi) is 5.09. The van der Waals surface area contributed by atoms with Crippen LogP contribution < -0.4 is 10.1 Å². The maximum Gasteiger partial charge on any atom is 0.146 e. The first kappa shape index (κ1) is 15.6. The largest absolute Gasteiger partial charge is 0.488 e. The first-order valence-electron chi connectivity index (χ1n) is 5.84. The number of nitrogens with one attached hydrogen (secondary N) is 1. The van der Waals surface area contributed by atoms with E-state index in [1.807, 2.05) is 7.05 Å². The van der Waals surface area contributed by atoms with Gasteiger partial charge in [-0.25, -0.2) is 0 Å². The molecule has 0 amide bonds. The van der Waals surface area contributed by atoms with E-state index >= 15 is 0 Å². The summed E-state index contributed by atoms with van der Waals surface area (Å²) in [6.07, 6.45) is 1.39. The molecular formula is C13H16I3NO. The minimum Gasteiger partial charge on any atom is -0.488 e. The average Bonchev–Trinajstić information content (AvgIpc) is 2.25. The minimum atomic E-state index is 0.198. The Balaban J connectivity index is 2.17. The van der Waals surface area contributed by atoms with Crippen molar-refractivity contribution < 1.29 is 4.74 Å². The molecule has 1 aromatic carbocycles. The van der Waals surface area contributed by atoms with Crippen molar-refractivity contribution >= 4 is 67.8 Å². The molecule has 0 radical (unpaired) electrons. The van der Waals surface area contributed by atoms with Crippen molar-refractivity contribution in [3.8, 4) is 5.75 Å². The van der Waals surface area contributed by atoms with Crippen molar-refractivity contribution in [2.75, 3.05) is 7.05 Å². The summed E-state index contributed by atoms with van der Waals surface area (Å²) in [5, 5.41) is 3.36. The molecule has 0 spiro atoms. The molecule has 0 aromatic heterocycles. The van der Waals surface area contributed by atoms with E-state index in [4.69, 9.17) is 4.74 Å². The molecule has 1 aromatic rings. The maximum absolute atomic E-state index is 6.26. The van der Waals surface area contributed by atoms with Crippen LogP contribution in [0.3, 0.4) is 0 Å². The molecule has 18 heavy (non-hydrogen) atoms. The quantitative estimate of drug-likeness (QED) is 0.538. The molecule has 0 aliphatic heterocycles. The third-order valence-corrected chi connectivity index (χ3v) is 5.97. The van der Waals surface area contributed by atoms with Crippen LogP contribution in [-0.4, -0.2) is 19.2 Å². The highest BCUT2D eigenvalue weighted by molar-refractivity contribution is 14.1. The zero-order valence-electron chi connectivity index (χ0n) is 10.6. The number of halogens is 3. The van der Waals surface area contributed by atoms with Crippen LogP contribution in [0.25, 0.3) is 0 Å². The van der Waals surface area contributed by atoms with E-state index in [9.17, 15) is 0 Å². The number of hydrogen-bond acceptors (Lipinski definition) is 2. The summed E-state index contributed by atoms with van der Waals surface area (Å²) >= 11 is 7.07. The highest BCUT2D eigenvalue weighted by atomic mass is 127. The van der Waals surface area contributed by atoms with Gasteiger partial charge < -0.3 is 10.1 Å². The fraction of sp³-hybridized carbons (Fsp3) is 0.538. The summed E-state index contributed by atoms with van der Waals surface area (Å²) in [5.41, 5.74) is 0.198. The first-order chi connectivity index (χ1) is 8.36. The van der Waals surface area contributed by atoms with E-state index in [1.165, 1.54) is 10.7 Å².